The normalized spacial score (nSPS) is 10.6. The molecule has 0 aliphatic heterocycles. The lowest BCUT2D eigenvalue weighted by Gasteiger charge is -2.10. The molecule has 1 N–H and O–H groups in total. The maximum atomic E-state index is 12.5. The highest BCUT2D eigenvalue weighted by atomic mass is 16.6. The van der Waals surface area contributed by atoms with E-state index in [-0.39, 0.29) is 11.4 Å². The number of amides is 1. The first-order valence-corrected chi connectivity index (χ1v) is 8.85. The summed E-state index contributed by atoms with van der Waals surface area (Å²) in [4.78, 5) is 39.8. The Hall–Kier alpha value is -3.81. The number of fused-ring (bicyclic) bond motifs is 1. The molecule has 1 aromatic heterocycles. The fourth-order valence-electron chi connectivity index (χ4n) is 2.92. The number of aromatic nitrogens is 1. The molecule has 0 radical (unpaired) electrons. The average Bonchev–Trinajstić information content (AvgIpc) is 2.67. The van der Waals surface area contributed by atoms with Crippen molar-refractivity contribution in [2.75, 3.05) is 11.9 Å². The number of benzene rings is 2. The van der Waals surface area contributed by atoms with E-state index >= 15 is 0 Å². The van der Waals surface area contributed by atoms with Gasteiger partial charge in [-0.15, -0.1) is 0 Å². The molecular formula is C21H19N3O5. The molecule has 0 aliphatic carbocycles. The van der Waals surface area contributed by atoms with Crippen LogP contribution in [0.1, 0.15) is 27.2 Å². The molecule has 0 saturated heterocycles. The SMILES string of the molecule is Cc1cc(C(=O)OCC(=O)Nc2cc(C)c(C)cc2[N+](=O)[O-])c2ccccc2n1. The molecule has 0 bridgehead atoms. The Balaban J connectivity index is 1.75. The number of carbonyl (C=O) groups excluding carboxylic acids is 2. The number of nitro benzene ring substituents is 1. The number of hydrogen-bond acceptors (Lipinski definition) is 6. The first-order chi connectivity index (χ1) is 13.8. The third-order valence-electron chi connectivity index (χ3n) is 4.48. The molecule has 2 aromatic carbocycles. The van der Waals surface area contributed by atoms with Crippen molar-refractivity contribution in [3.05, 3.63) is 75.0 Å². The van der Waals surface area contributed by atoms with E-state index in [0.29, 0.717) is 22.2 Å². The molecule has 0 saturated carbocycles. The number of nitrogens with one attached hydrogen (secondary N) is 1. The van der Waals surface area contributed by atoms with Crippen LogP contribution in [0.3, 0.4) is 0 Å². The quantitative estimate of drug-likeness (QED) is 0.400. The molecule has 3 aromatic rings. The first kappa shape index (κ1) is 19.9. The van der Waals surface area contributed by atoms with Gasteiger partial charge in [0.1, 0.15) is 5.69 Å². The molecule has 0 atom stereocenters. The minimum atomic E-state index is -0.670. The van der Waals surface area contributed by atoms with Gasteiger partial charge in [-0.1, -0.05) is 18.2 Å². The maximum absolute atomic E-state index is 12.5. The van der Waals surface area contributed by atoms with Crippen molar-refractivity contribution in [2.45, 2.75) is 20.8 Å². The van der Waals surface area contributed by atoms with Crippen LogP contribution in [0.25, 0.3) is 10.9 Å². The summed E-state index contributed by atoms with van der Waals surface area (Å²) in [5.41, 5.74) is 2.97. The average molecular weight is 393 g/mol. The fourth-order valence-corrected chi connectivity index (χ4v) is 2.92. The molecule has 0 spiro atoms. The van der Waals surface area contributed by atoms with Gasteiger partial charge in [-0.05, 0) is 50.1 Å². The smallest absolute Gasteiger partial charge is 0.339 e. The van der Waals surface area contributed by atoms with Crippen LogP contribution in [0.2, 0.25) is 0 Å². The van der Waals surface area contributed by atoms with Crippen molar-refractivity contribution < 1.29 is 19.2 Å². The number of ether oxygens (including phenoxy) is 1. The summed E-state index contributed by atoms with van der Waals surface area (Å²) in [5.74, 6) is -1.34. The number of carbonyl (C=O) groups is 2. The van der Waals surface area contributed by atoms with Gasteiger partial charge < -0.3 is 10.1 Å². The van der Waals surface area contributed by atoms with E-state index in [1.165, 1.54) is 12.1 Å². The Labute approximate surface area is 166 Å². The molecule has 29 heavy (non-hydrogen) atoms. The van der Waals surface area contributed by atoms with E-state index in [1.54, 1.807) is 45.0 Å². The van der Waals surface area contributed by atoms with Crippen LogP contribution in [-0.4, -0.2) is 28.4 Å². The molecular weight excluding hydrogens is 374 g/mol. The van der Waals surface area contributed by atoms with Crippen LogP contribution < -0.4 is 5.32 Å². The summed E-state index contributed by atoms with van der Waals surface area (Å²) < 4.78 is 5.13. The lowest BCUT2D eigenvalue weighted by Crippen LogP contribution is -2.21. The van der Waals surface area contributed by atoms with Crippen molar-refractivity contribution in [1.82, 2.24) is 4.98 Å². The number of nitro groups is 1. The minimum absolute atomic E-state index is 0.0596. The zero-order valence-corrected chi connectivity index (χ0v) is 16.2. The summed E-state index contributed by atoms with van der Waals surface area (Å²) in [6.45, 7) is 4.72. The van der Waals surface area contributed by atoms with Gasteiger partial charge in [-0.25, -0.2) is 4.79 Å². The lowest BCUT2D eigenvalue weighted by atomic mass is 10.1. The van der Waals surface area contributed by atoms with E-state index in [4.69, 9.17) is 4.74 Å². The van der Waals surface area contributed by atoms with Crippen molar-refractivity contribution in [1.29, 1.82) is 0 Å². The van der Waals surface area contributed by atoms with Crippen LogP contribution in [-0.2, 0) is 9.53 Å². The molecule has 8 heteroatoms. The number of pyridine rings is 1. The van der Waals surface area contributed by atoms with E-state index in [9.17, 15) is 19.7 Å². The highest BCUT2D eigenvalue weighted by Gasteiger charge is 2.19. The van der Waals surface area contributed by atoms with E-state index in [2.05, 4.69) is 10.3 Å². The van der Waals surface area contributed by atoms with Crippen molar-refractivity contribution in [3.8, 4) is 0 Å². The van der Waals surface area contributed by atoms with Gasteiger partial charge in [-0.2, -0.15) is 0 Å². The zero-order chi connectivity index (χ0) is 21.1. The molecule has 1 heterocycles. The molecule has 0 fully saturated rings. The highest BCUT2D eigenvalue weighted by molar-refractivity contribution is 6.04. The van der Waals surface area contributed by atoms with Gasteiger partial charge in [0.05, 0.1) is 16.0 Å². The Morgan fingerprint density at radius 1 is 1.10 bits per heavy atom. The standard InChI is InChI=1S/C21H19N3O5/c1-12-8-18(19(24(27)28)9-13(12)2)23-20(25)11-29-21(26)16-10-14(3)22-17-7-5-4-6-15(16)17/h4-10H,11H2,1-3H3,(H,23,25). The Bertz CT molecular complexity index is 1140. The topological polar surface area (TPSA) is 111 Å². The van der Waals surface area contributed by atoms with Crippen LogP contribution in [0.4, 0.5) is 11.4 Å². The second kappa shape index (κ2) is 8.05. The Morgan fingerprint density at radius 2 is 1.79 bits per heavy atom. The van der Waals surface area contributed by atoms with Crippen LogP contribution in [0, 0.1) is 30.9 Å². The second-order valence-electron chi connectivity index (χ2n) is 6.66. The van der Waals surface area contributed by atoms with E-state index in [1.807, 2.05) is 6.07 Å². The van der Waals surface area contributed by atoms with Crippen LogP contribution >= 0.6 is 0 Å². The number of esters is 1. The maximum Gasteiger partial charge on any atom is 0.339 e. The lowest BCUT2D eigenvalue weighted by molar-refractivity contribution is -0.384. The monoisotopic (exact) mass is 393 g/mol. The predicted octanol–water partition coefficient (Wildman–Crippen LogP) is 3.86. The van der Waals surface area contributed by atoms with Crippen molar-refractivity contribution in [3.63, 3.8) is 0 Å². The molecule has 148 valence electrons. The molecule has 3 rings (SSSR count). The third-order valence-corrected chi connectivity index (χ3v) is 4.48. The molecule has 0 unspecified atom stereocenters. The predicted molar refractivity (Wildman–Crippen MR) is 108 cm³/mol. The summed E-state index contributed by atoms with van der Waals surface area (Å²) in [7, 11) is 0. The largest absolute Gasteiger partial charge is 0.452 e. The van der Waals surface area contributed by atoms with Gasteiger partial charge in [0.15, 0.2) is 6.61 Å². The van der Waals surface area contributed by atoms with Crippen LogP contribution in [0.5, 0.6) is 0 Å². The van der Waals surface area contributed by atoms with Crippen LogP contribution in [0.15, 0.2) is 42.5 Å². The molecule has 1 amide bonds. The van der Waals surface area contributed by atoms with Gasteiger partial charge in [-0.3, -0.25) is 19.9 Å². The Morgan fingerprint density at radius 3 is 2.52 bits per heavy atom. The molecule has 0 aliphatic rings. The van der Waals surface area contributed by atoms with Gasteiger partial charge >= 0.3 is 5.97 Å². The number of nitrogens with zero attached hydrogens (tertiary/aromatic N) is 2. The summed E-state index contributed by atoms with van der Waals surface area (Å²) in [6, 6.07) is 11.6. The highest BCUT2D eigenvalue weighted by Crippen LogP contribution is 2.28. The van der Waals surface area contributed by atoms with E-state index < -0.39 is 23.4 Å². The first-order valence-electron chi connectivity index (χ1n) is 8.85. The van der Waals surface area contributed by atoms with Gasteiger partial charge in [0.25, 0.3) is 11.6 Å². The van der Waals surface area contributed by atoms with Gasteiger partial charge in [0.2, 0.25) is 0 Å². The summed E-state index contributed by atoms with van der Waals surface area (Å²) in [5, 5.41) is 14.3. The summed E-state index contributed by atoms with van der Waals surface area (Å²) >= 11 is 0. The number of para-hydroxylation sites is 1. The number of anilines is 1. The van der Waals surface area contributed by atoms with Gasteiger partial charge in [0, 0.05) is 17.1 Å². The zero-order valence-electron chi connectivity index (χ0n) is 16.2. The number of rotatable bonds is 5. The summed E-state index contributed by atoms with van der Waals surface area (Å²) in [6.07, 6.45) is 0. The second-order valence-corrected chi connectivity index (χ2v) is 6.66. The minimum Gasteiger partial charge on any atom is -0.452 e. The third kappa shape index (κ3) is 4.37. The number of hydrogen-bond donors (Lipinski definition) is 1. The number of aryl methyl sites for hydroxylation is 3. The Kier molecular flexibility index (Phi) is 5.54. The van der Waals surface area contributed by atoms with E-state index in [0.717, 1.165) is 11.1 Å². The molecule has 8 nitrogen and oxygen atoms in total. The fraction of sp³-hybridized carbons (Fsp3) is 0.190. The van der Waals surface area contributed by atoms with Crippen molar-refractivity contribution >= 4 is 34.2 Å². The van der Waals surface area contributed by atoms with Crippen molar-refractivity contribution in [2.24, 2.45) is 0 Å².